The Morgan fingerprint density at radius 1 is 0.917 bits per heavy atom. The second-order valence-corrected chi connectivity index (χ2v) is 6.05. The Morgan fingerprint density at radius 3 is 2.29 bits per heavy atom. The summed E-state index contributed by atoms with van der Waals surface area (Å²) in [6.45, 7) is 7.76. The number of benzene rings is 2. The van der Waals surface area contributed by atoms with Gasteiger partial charge in [-0.25, -0.2) is 4.79 Å². The number of carbonyl (C=O) groups excluding carboxylic acids is 2. The van der Waals surface area contributed by atoms with Crippen molar-refractivity contribution in [2.45, 2.75) is 33.7 Å². The molecule has 3 N–H and O–H groups in total. The van der Waals surface area contributed by atoms with Crippen molar-refractivity contribution in [2.24, 2.45) is 0 Å². The molecule has 0 radical (unpaired) electrons. The van der Waals surface area contributed by atoms with E-state index in [0.717, 1.165) is 11.3 Å². The summed E-state index contributed by atoms with van der Waals surface area (Å²) < 4.78 is 0. The Labute approximate surface area is 142 Å². The average molecular weight is 325 g/mol. The molecule has 2 aromatic rings. The maximum atomic E-state index is 12.6. The zero-order valence-electron chi connectivity index (χ0n) is 14.4. The first-order chi connectivity index (χ1) is 11.4. The second-order valence-electron chi connectivity index (χ2n) is 6.05. The van der Waals surface area contributed by atoms with Gasteiger partial charge in [-0.1, -0.05) is 18.2 Å². The fourth-order valence-corrected chi connectivity index (χ4v) is 2.23. The van der Waals surface area contributed by atoms with E-state index in [0.29, 0.717) is 11.3 Å². The van der Waals surface area contributed by atoms with Crippen molar-refractivity contribution in [3.05, 3.63) is 59.2 Å². The molecule has 0 aromatic heterocycles. The SMILES string of the molecule is Cc1ccc(NC(=O)c2ccccc2NC(=O)NC(C)C)cc1C. The first-order valence-corrected chi connectivity index (χ1v) is 7.92. The molecule has 24 heavy (non-hydrogen) atoms. The highest BCUT2D eigenvalue weighted by molar-refractivity contribution is 6.10. The quantitative estimate of drug-likeness (QED) is 0.792. The molecular formula is C19H23N3O2. The highest BCUT2D eigenvalue weighted by Crippen LogP contribution is 2.19. The highest BCUT2D eigenvalue weighted by Gasteiger charge is 2.13. The summed E-state index contributed by atoms with van der Waals surface area (Å²) in [4.78, 5) is 24.4. The van der Waals surface area contributed by atoms with Gasteiger partial charge < -0.3 is 16.0 Å². The Balaban J connectivity index is 2.17. The van der Waals surface area contributed by atoms with E-state index in [1.54, 1.807) is 24.3 Å². The van der Waals surface area contributed by atoms with Crippen LogP contribution in [0.15, 0.2) is 42.5 Å². The molecule has 0 unspecified atom stereocenters. The van der Waals surface area contributed by atoms with Gasteiger partial charge in [-0.15, -0.1) is 0 Å². The summed E-state index contributed by atoms with van der Waals surface area (Å²) in [5.41, 5.74) is 3.88. The molecule has 0 saturated carbocycles. The van der Waals surface area contributed by atoms with Crippen molar-refractivity contribution < 1.29 is 9.59 Å². The maximum absolute atomic E-state index is 12.6. The predicted octanol–water partition coefficient (Wildman–Crippen LogP) is 4.09. The third-order valence-corrected chi connectivity index (χ3v) is 3.60. The van der Waals surface area contributed by atoms with Crippen LogP contribution in [0, 0.1) is 13.8 Å². The van der Waals surface area contributed by atoms with Gasteiger partial charge in [0, 0.05) is 11.7 Å². The summed E-state index contributed by atoms with van der Waals surface area (Å²) in [6, 6.07) is 12.4. The summed E-state index contributed by atoms with van der Waals surface area (Å²) in [5.74, 6) is -0.265. The largest absolute Gasteiger partial charge is 0.336 e. The summed E-state index contributed by atoms with van der Waals surface area (Å²) in [6.07, 6.45) is 0. The zero-order chi connectivity index (χ0) is 17.7. The fourth-order valence-electron chi connectivity index (χ4n) is 2.23. The molecule has 2 rings (SSSR count). The van der Waals surface area contributed by atoms with E-state index in [1.807, 2.05) is 45.9 Å². The number of para-hydroxylation sites is 1. The van der Waals surface area contributed by atoms with Crippen molar-refractivity contribution in [3.8, 4) is 0 Å². The molecule has 0 atom stereocenters. The minimum atomic E-state index is -0.337. The molecule has 2 aromatic carbocycles. The van der Waals surface area contributed by atoms with Crippen molar-refractivity contribution in [3.63, 3.8) is 0 Å². The van der Waals surface area contributed by atoms with Gasteiger partial charge in [0.25, 0.3) is 5.91 Å². The van der Waals surface area contributed by atoms with Crippen LogP contribution in [-0.2, 0) is 0 Å². The molecular weight excluding hydrogens is 302 g/mol. The highest BCUT2D eigenvalue weighted by atomic mass is 16.2. The number of nitrogens with one attached hydrogen (secondary N) is 3. The molecule has 126 valence electrons. The van der Waals surface area contributed by atoms with Gasteiger partial charge in [-0.05, 0) is 63.1 Å². The smallest absolute Gasteiger partial charge is 0.319 e. The normalized spacial score (nSPS) is 10.4. The van der Waals surface area contributed by atoms with Crippen LogP contribution in [0.4, 0.5) is 16.2 Å². The lowest BCUT2D eigenvalue weighted by Crippen LogP contribution is -2.34. The minimum Gasteiger partial charge on any atom is -0.336 e. The third kappa shape index (κ3) is 4.59. The third-order valence-electron chi connectivity index (χ3n) is 3.60. The van der Waals surface area contributed by atoms with Crippen molar-refractivity contribution >= 4 is 23.3 Å². The molecule has 0 bridgehead atoms. The molecule has 0 heterocycles. The number of rotatable bonds is 4. The van der Waals surface area contributed by atoms with Gasteiger partial charge in [-0.3, -0.25) is 4.79 Å². The van der Waals surface area contributed by atoms with E-state index in [1.165, 1.54) is 5.56 Å². The molecule has 0 aliphatic heterocycles. The van der Waals surface area contributed by atoms with E-state index in [4.69, 9.17) is 0 Å². The Hall–Kier alpha value is -2.82. The first kappa shape index (κ1) is 17.5. The number of hydrogen-bond acceptors (Lipinski definition) is 2. The van der Waals surface area contributed by atoms with E-state index < -0.39 is 0 Å². The van der Waals surface area contributed by atoms with Crippen LogP contribution in [0.1, 0.15) is 35.3 Å². The molecule has 0 saturated heterocycles. The van der Waals surface area contributed by atoms with Gasteiger partial charge in [0.05, 0.1) is 11.3 Å². The molecule has 3 amide bonds. The van der Waals surface area contributed by atoms with Crippen molar-refractivity contribution in [2.75, 3.05) is 10.6 Å². The van der Waals surface area contributed by atoms with E-state index in [9.17, 15) is 9.59 Å². The lowest BCUT2D eigenvalue weighted by molar-refractivity contribution is 0.102. The maximum Gasteiger partial charge on any atom is 0.319 e. The lowest BCUT2D eigenvalue weighted by Gasteiger charge is -2.14. The molecule has 5 heteroatoms. The number of urea groups is 1. The fraction of sp³-hybridized carbons (Fsp3) is 0.263. The van der Waals surface area contributed by atoms with E-state index >= 15 is 0 Å². The van der Waals surface area contributed by atoms with Gasteiger partial charge >= 0.3 is 6.03 Å². The van der Waals surface area contributed by atoms with Crippen LogP contribution >= 0.6 is 0 Å². The molecule has 0 aliphatic carbocycles. The second kappa shape index (κ2) is 7.64. The minimum absolute atomic E-state index is 0.0153. The van der Waals surface area contributed by atoms with Gasteiger partial charge in [-0.2, -0.15) is 0 Å². The lowest BCUT2D eigenvalue weighted by atomic mass is 10.1. The number of amides is 3. The molecule has 0 spiro atoms. The number of carbonyl (C=O) groups is 2. The van der Waals surface area contributed by atoms with Crippen LogP contribution in [0.25, 0.3) is 0 Å². The van der Waals surface area contributed by atoms with Crippen molar-refractivity contribution in [1.82, 2.24) is 5.32 Å². The van der Waals surface area contributed by atoms with E-state index in [-0.39, 0.29) is 18.0 Å². The number of hydrogen-bond donors (Lipinski definition) is 3. The standard InChI is InChI=1S/C19H23N3O2/c1-12(2)20-19(24)22-17-8-6-5-7-16(17)18(23)21-15-10-9-13(3)14(4)11-15/h5-12H,1-4H3,(H,21,23)(H2,20,22,24). The van der Waals surface area contributed by atoms with Gasteiger partial charge in [0.2, 0.25) is 0 Å². The molecule has 5 nitrogen and oxygen atoms in total. The van der Waals surface area contributed by atoms with Gasteiger partial charge in [0.1, 0.15) is 0 Å². The summed E-state index contributed by atoms with van der Waals surface area (Å²) in [5, 5.41) is 8.33. The molecule has 0 fully saturated rings. The predicted molar refractivity (Wildman–Crippen MR) is 97.6 cm³/mol. The zero-order valence-corrected chi connectivity index (χ0v) is 14.4. The van der Waals surface area contributed by atoms with Crippen LogP contribution in [0.5, 0.6) is 0 Å². The first-order valence-electron chi connectivity index (χ1n) is 7.92. The monoisotopic (exact) mass is 325 g/mol. The average Bonchev–Trinajstić information content (AvgIpc) is 2.50. The summed E-state index contributed by atoms with van der Waals surface area (Å²) >= 11 is 0. The molecule has 0 aliphatic rings. The number of aryl methyl sites for hydroxylation is 2. The van der Waals surface area contributed by atoms with Crippen LogP contribution < -0.4 is 16.0 Å². The van der Waals surface area contributed by atoms with Crippen LogP contribution in [-0.4, -0.2) is 18.0 Å². The van der Waals surface area contributed by atoms with E-state index in [2.05, 4.69) is 16.0 Å². The Bertz CT molecular complexity index is 754. The topological polar surface area (TPSA) is 70.2 Å². The number of anilines is 2. The van der Waals surface area contributed by atoms with Gasteiger partial charge in [0.15, 0.2) is 0 Å². The Morgan fingerprint density at radius 2 is 1.62 bits per heavy atom. The van der Waals surface area contributed by atoms with Crippen LogP contribution in [0.2, 0.25) is 0 Å². The van der Waals surface area contributed by atoms with Crippen molar-refractivity contribution in [1.29, 1.82) is 0 Å². The summed E-state index contributed by atoms with van der Waals surface area (Å²) in [7, 11) is 0. The Kier molecular flexibility index (Phi) is 5.58. The van der Waals surface area contributed by atoms with Crippen LogP contribution in [0.3, 0.4) is 0 Å².